The number of benzene rings is 3. The van der Waals surface area contributed by atoms with Gasteiger partial charge in [0.1, 0.15) is 0 Å². The fraction of sp³-hybridized carbons (Fsp3) is 0.143. The molecule has 0 heterocycles. The van der Waals surface area contributed by atoms with E-state index in [-0.39, 0.29) is 0 Å². The van der Waals surface area contributed by atoms with Gasteiger partial charge >= 0.3 is 0 Å². The molecule has 3 aromatic rings. The number of anilines is 1. The van der Waals surface area contributed by atoms with Crippen LogP contribution >= 0.6 is 0 Å². The van der Waals surface area contributed by atoms with Gasteiger partial charge in [-0.3, -0.25) is 0 Å². The van der Waals surface area contributed by atoms with Gasteiger partial charge in [0.15, 0.2) is 0 Å². The average molecular weight is 287 g/mol. The maximum atomic E-state index is 2.45. The van der Waals surface area contributed by atoms with Crippen LogP contribution in [0.5, 0.6) is 0 Å². The van der Waals surface area contributed by atoms with E-state index in [1.54, 1.807) is 0 Å². The Bertz CT molecular complexity index is 677. The van der Waals surface area contributed by atoms with Gasteiger partial charge in [0, 0.05) is 12.2 Å². The summed E-state index contributed by atoms with van der Waals surface area (Å²) >= 11 is 0. The fourth-order valence-corrected chi connectivity index (χ4v) is 2.76. The summed E-state index contributed by atoms with van der Waals surface area (Å²) in [5, 5.41) is 0. The summed E-state index contributed by atoms with van der Waals surface area (Å²) in [6, 6.07) is 32.3. The van der Waals surface area contributed by atoms with Crippen molar-refractivity contribution in [3.8, 4) is 0 Å². The van der Waals surface area contributed by atoms with Gasteiger partial charge in [-0.25, -0.2) is 0 Å². The maximum Gasteiger partial charge on any atom is 0.0518 e. The first kappa shape index (κ1) is 14.4. The Morgan fingerprint density at radius 1 is 0.682 bits per heavy atom. The van der Waals surface area contributed by atoms with Gasteiger partial charge in [-0.2, -0.15) is 0 Å². The van der Waals surface area contributed by atoms with Gasteiger partial charge in [-0.1, -0.05) is 78.9 Å². The normalized spacial score (nSPS) is 11.9. The van der Waals surface area contributed by atoms with Gasteiger partial charge < -0.3 is 4.90 Å². The van der Waals surface area contributed by atoms with Gasteiger partial charge in [0.25, 0.3) is 0 Å². The monoisotopic (exact) mass is 287 g/mol. The molecule has 0 aromatic heterocycles. The van der Waals surface area contributed by atoms with Gasteiger partial charge in [-0.05, 0) is 30.2 Å². The third-order valence-electron chi connectivity index (χ3n) is 4.03. The highest BCUT2D eigenvalue weighted by molar-refractivity contribution is 5.49. The lowest BCUT2D eigenvalue weighted by atomic mass is 10.0. The molecule has 0 spiro atoms. The number of rotatable bonds is 5. The van der Waals surface area contributed by atoms with Gasteiger partial charge in [0.2, 0.25) is 0 Å². The van der Waals surface area contributed by atoms with Crippen molar-refractivity contribution >= 4 is 5.69 Å². The van der Waals surface area contributed by atoms with Gasteiger partial charge in [-0.15, -0.1) is 0 Å². The van der Waals surface area contributed by atoms with Crippen LogP contribution in [0.2, 0.25) is 0 Å². The Morgan fingerprint density at radius 3 is 1.77 bits per heavy atom. The molecule has 1 unspecified atom stereocenters. The first-order valence-corrected chi connectivity index (χ1v) is 7.75. The Hall–Kier alpha value is -2.54. The van der Waals surface area contributed by atoms with E-state index in [2.05, 4.69) is 103 Å². The molecule has 1 heteroatoms. The Labute approximate surface area is 132 Å². The molecule has 110 valence electrons. The highest BCUT2D eigenvalue weighted by atomic mass is 15.2. The van der Waals surface area contributed by atoms with E-state index in [9.17, 15) is 0 Å². The predicted octanol–water partition coefficient (Wildman–Crippen LogP) is 5.45. The minimum Gasteiger partial charge on any atom is -0.360 e. The molecule has 3 rings (SSSR count). The Morgan fingerprint density at radius 2 is 1.18 bits per heavy atom. The maximum absolute atomic E-state index is 2.45. The molecule has 0 N–H and O–H groups in total. The summed E-state index contributed by atoms with van der Waals surface area (Å²) in [5.41, 5.74) is 3.92. The van der Waals surface area contributed by atoms with Crippen molar-refractivity contribution in [2.24, 2.45) is 0 Å². The van der Waals surface area contributed by atoms with E-state index in [0.717, 1.165) is 6.54 Å². The largest absolute Gasteiger partial charge is 0.360 e. The first-order chi connectivity index (χ1) is 10.8. The summed E-state index contributed by atoms with van der Waals surface area (Å²) in [6.07, 6.45) is 0. The van der Waals surface area contributed by atoms with Crippen LogP contribution in [0, 0.1) is 0 Å². The van der Waals surface area contributed by atoms with E-state index in [1.807, 2.05) is 0 Å². The molecule has 0 saturated heterocycles. The summed E-state index contributed by atoms with van der Waals surface area (Å²) in [6.45, 7) is 3.17. The van der Waals surface area contributed by atoms with Gasteiger partial charge in [0.05, 0.1) is 6.04 Å². The molecule has 0 aliphatic heterocycles. The fourth-order valence-electron chi connectivity index (χ4n) is 2.76. The highest BCUT2D eigenvalue weighted by Gasteiger charge is 2.16. The molecular weight excluding hydrogens is 266 g/mol. The molecule has 1 atom stereocenters. The summed E-state index contributed by atoms with van der Waals surface area (Å²) in [4.78, 5) is 2.45. The van der Waals surface area contributed by atoms with Crippen LogP contribution < -0.4 is 4.90 Å². The summed E-state index contributed by atoms with van der Waals surface area (Å²) in [5.74, 6) is 0. The number of nitrogens with zero attached hydrogens (tertiary/aromatic N) is 1. The van der Waals surface area contributed by atoms with Crippen LogP contribution in [0.15, 0.2) is 91.0 Å². The SMILES string of the molecule is CC(c1ccccc1)N(Cc1ccccc1)c1ccccc1. The molecule has 0 aliphatic carbocycles. The van der Waals surface area contributed by atoms with E-state index < -0.39 is 0 Å². The molecule has 0 aliphatic rings. The smallest absolute Gasteiger partial charge is 0.0518 e. The lowest BCUT2D eigenvalue weighted by Crippen LogP contribution is -2.26. The molecule has 0 bridgehead atoms. The standard InChI is InChI=1S/C21H21N/c1-18(20-13-7-3-8-14-20)22(21-15-9-4-10-16-21)17-19-11-5-2-6-12-19/h2-16,18H,17H2,1H3. The van der Waals surface area contributed by atoms with Crippen molar-refractivity contribution in [3.63, 3.8) is 0 Å². The zero-order valence-electron chi connectivity index (χ0n) is 12.9. The van der Waals surface area contributed by atoms with Crippen molar-refractivity contribution in [2.45, 2.75) is 19.5 Å². The number of hydrogen-bond donors (Lipinski definition) is 0. The van der Waals surface area contributed by atoms with Crippen molar-refractivity contribution < 1.29 is 0 Å². The lowest BCUT2D eigenvalue weighted by Gasteiger charge is -2.32. The minimum atomic E-state index is 0.323. The molecule has 0 saturated carbocycles. The average Bonchev–Trinajstić information content (AvgIpc) is 2.61. The third-order valence-corrected chi connectivity index (χ3v) is 4.03. The zero-order chi connectivity index (χ0) is 15.2. The second kappa shape index (κ2) is 6.95. The molecule has 1 nitrogen and oxygen atoms in total. The van der Waals surface area contributed by atoms with Crippen LogP contribution in [-0.4, -0.2) is 0 Å². The number of para-hydroxylation sites is 1. The minimum absolute atomic E-state index is 0.323. The molecule has 0 amide bonds. The van der Waals surface area contributed by atoms with Crippen molar-refractivity contribution in [3.05, 3.63) is 102 Å². The van der Waals surface area contributed by atoms with Crippen LogP contribution in [0.25, 0.3) is 0 Å². The summed E-state index contributed by atoms with van der Waals surface area (Å²) in [7, 11) is 0. The molecule has 0 fully saturated rings. The second-order valence-electron chi connectivity index (χ2n) is 5.54. The van der Waals surface area contributed by atoms with E-state index in [1.165, 1.54) is 16.8 Å². The summed E-state index contributed by atoms with van der Waals surface area (Å²) < 4.78 is 0. The third kappa shape index (κ3) is 3.37. The van der Waals surface area contributed by atoms with E-state index >= 15 is 0 Å². The first-order valence-electron chi connectivity index (χ1n) is 7.75. The Kier molecular flexibility index (Phi) is 4.55. The zero-order valence-corrected chi connectivity index (χ0v) is 12.9. The van der Waals surface area contributed by atoms with Crippen LogP contribution in [0.1, 0.15) is 24.1 Å². The molecule has 0 radical (unpaired) electrons. The highest BCUT2D eigenvalue weighted by Crippen LogP contribution is 2.28. The number of hydrogen-bond acceptors (Lipinski definition) is 1. The quantitative estimate of drug-likeness (QED) is 0.602. The van der Waals surface area contributed by atoms with Crippen molar-refractivity contribution in [1.82, 2.24) is 0 Å². The molecule has 3 aromatic carbocycles. The van der Waals surface area contributed by atoms with Crippen LogP contribution in [0.4, 0.5) is 5.69 Å². The van der Waals surface area contributed by atoms with E-state index in [0.29, 0.717) is 6.04 Å². The predicted molar refractivity (Wildman–Crippen MR) is 93.9 cm³/mol. The molecular formula is C21H21N. The lowest BCUT2D eigenvalue weighted by molar-refractivity contribution is 0.669. The van der Waals surface area contributed by atoms with Crippen LogP contribution in [-0.2, 0) is 6.54 Å². The second-order valence-corrected chi connectivity index (χ2v) is 5.54. The Balaban J connectivity index is 1.93. The molecule has 22 heavy (non-hydrogen) atoms. The van der Waals surface area contributed by atoms with Crippen molar-refractivity contribution in [1.29, 1.82) is 0 Å². The van der Waals surface area contributed by atoms with E-state index in [4.69, 9.17) is 0 Å². The van der Waals surface area contributed by atoms with Crippen molar-refractivity contribution in [2.75, 3.05) is 4.90 Å². The van der Waals surface area contributed by atoms with Crippen LogP contribution in [0.3, 0.4) is 0 Å². The topological polar surface area (TPSA) is 3.24 Å².